The maximum Gasteiger partial charge on any atom is 0.164 e. The number of benzene rings is 6. The summed E-state index contributed by atoms with van der Waals surface area (Å²) in [6, 6.07) is 49.8. The van der Waals surface area contributed by atoms with Gasteiger partial charge >= 0.3 is 0 Å². The van der Waals surface area contributed by atoms with E-state index in [2.05, 4.69) is 78.9 Å². The van der Waals surface area contributed by atoms with Crippen LogP contribution in [0, 0.1) is 0 Å². The van der Waals surface area contributed by atoms with E-state index in [1.54, 1.807) is 0 Å². The Labute approximate surface area is 243 Å². The summed E-state index contributed by atoms with van der Waals surface area (Å²) >= 11 is 0. The Hall–Kier alpha value is -5.74. The van der Waals surface area contributed by atoms with Gasteiger partial charge in [-0.3, -0.25) is 0 Å². The molecule has 0 N–H and O–H groups in total. The second-order valence-electron chi connectivity index (χ2n) is 10.3. The Morgan fingerprint density at radius 1 is 0.333 bits per heavy atom. The molecule has 0 aliphatic carbocycles. The summed E-state index contributed by atoms with van der Waals surface area (Å²) in [5.74, 6) is 1.90. The molecule has 6 aromatic carbocycles. The lowest BCUT2D eigenvalue weighted by molar-refractivity contribution is 1.07. The van der Waals surface area contributed by atoms with Crippen LogP contribution in [0.15, 0.2) is 146 Å². The summed E-state index contributed by atoms with van der Waals surface area (Å²) < 4.78 is 0. The van der Waals surface area contributed by atoms with Gasteiger partial charge in [0.2, 0.25) is 0 Å². The second-order valence-corrected chi connectivity index (χ2v) is 10.3. The van der Waals surface area contributed by atoms with Crippen LogP contribution in [0.1, 0.15) is 0 Å². The van der Waals surface area contributed by atoms with Crippen LogP contribution < -0.4 is 0 Å². The van der Waals surface area contributed by atoms with E-state index in [0.29, 0.717) is 17.5 Å². The highest BCUT2D eigenvalue weighted by Crippen LogP contribution is 2.38. The minimum absolute atomic E-state index is 0.616. The summed E-state index contributed by atoms with van der Waals surface area (Å²) in [5, 5.41) is 5.86. The van der Waals surface area contributed by atoms with Crippen molar-refractivity contribution in [3.8, 4) is 45.4 Å². The Morgan fingerprint density at radius 2 is 0.857 bits per heavy atom. The van der Waals surface area contributed by atoms with Crippen molar-refractivity contribution in [2.75, 3.05) is 0 Å². The molecule has 0 saturated carbocycles. The van der Waals surface area contributed by atoms with E-state index in [-0.39, 0.29) is 0 Å². The summed E-state index contributed by atoms with van der Waals surface area (Å²) in [6.07, 6.45) is 0. The van der Waals surface area contributed by atoms with Crippen molar-refractivity contribution in [3.05, 3.63) is 146 Å². The Bertz CT molecular complexity index is 2170. The number of hydrogen-bond donors (Lipinski definition) is 0. The first kappa shape index (κ1) is 24.1. The van der Waals surface area contributed by atoms with Crippen LogP contribution >= 0.6 is 0 Å². The van der Waals surface area contributed by atoms with Gasteiger partial charge in [0.25, 0.3) is 0 Å². The molecule has 0 atom stereocenters. The molecule has 0 aliphatic rings. The molecule has 2 heterocycles. The maximum absolute atomic E-state index is 5.26. The molecular weight excluding hydrogens is 512 g/mol. The van der Waals surface area contributed by atoms with Crippen LogP contribution in [0.5, 0.6) is 0 Å². The van der Waals surface area contributed by atoms with Crippen molar-refractivity contribution in [2.45, 2.75) is 0 Å². The van der Waals surface area contributed by atoms with Crippen molar-refractivity contribution in [1.82, 2.24) is 19.9 Å². The van der Waals surface area contributed by atoms with E-state index in [1.807, 2.05) is 66.7 Å². The topological polar surface area (TPSA) is 51.6 Å². The highest BCUT2D eigenvalue weighted by molar-refractivity contribution is 6.22. The first-order valence-electron chi connectivity index (χ1n) is 14.0. The fourth-order valence-corrected chi connectivity index (χ4v) is 5.67. The fourth-order valence-electron chi connectivity index (χ4n) is 5.67. The standard InChI is InChI=1S/C38H24N4/c1-4-13-26(14-5-1)35-32-23-20-25-12-10-11-19-30(25)34(32)31-22-21-29(24-33(31)39-35)38-41-36(27-15-6-2-7-16-27)40-37(42-38)28-17-8-3-9-18-28/h1-24H. The molecule has 8 aromatic rings. The van der Waals surface area contributed by atoms with Gasteiger partial charge < -0.3 is 0 Å². The molecule has 0 saturated heterocycles. The number of nitrogens with zero attached hydrogens (tertiary/aromatic N) is 4. The molecule has 4 nitrogen and oxygen atoms in total. The molecule has 4 heteroatoms. The lowest BCUT2D eigenvalue weighted by Gasteiger charge is -2.14. The van der Waals surface area contributed by atoms with E-state index in [0.717, 1.165) is 44.2 Å². The molecule has 196 valence electrons. The summed E-state index contributed by atoms with van der Waals surface area (Å²) in [6.45, 7) is 0. The van der Waals surface area contributed by atoms with Crippen molar-refractivity contribution < 1.29 is 0 Å². The SMILES string of the molecule is c1ccc(-c2nc(-c3ccccc3)nc(-c3ccc4c(c3)nc(-c3ccccc3)c3ccc5ccccc5c34)n2)cc1. The lowest BCUT2D eigenvalue weighted by Crippen LogP contribution is -2.00. The third kappa shape index (κ3) is 4.18. The van der Waals surface area contributed by atoms with E-state index in [1.165, 1.54) is 16.2 Å². The highest BCUT2D eigenvalue weighted by atomic mass is 15.0. The predicted molar refractivity (Wildman–Crippen MR) is 172 cm³/mol. The van der Waals surface area contributed by atoms with Gasteiger partial charge in [-0.05, 0) is 16.8 Å². The van der Waals surface area contributed by atoms with E-state index in [9.17, 15) is 0 Å². The minimum Gasteiger partial charge on any atom is -0.247 e. The number of pyridine rings is 1. The zero-order valence-corrected chi connectivity index (χ0v) is 22.6. The van der Waals surface area contributed by atoms with Gasteiger partial charge in [-0.15, -0.1) is 0 Å². The number of aromatic nitrogens is 4. The van der Waals surface area contributed by atoms with Crippen molar-refractivity contribution in [2.24, 2.45) is 0 Å². The molecule has 2 aromatic heterocycles. The molecule has 8 rings (SSSR count). The minimum atomic E-state index is 0.616. The van der Waals surface area contributed by atoms with Gasteiger partial charge in [0, 0.05) is 38.4 Å². The third-order valence-electron chi connectivity index (χ3n) is 7.69. The predicted octanol–water partition coefficient (Wildman–Crippen LogP) is 9.39. The molecule has 0 fully saturated rings. The van der Waals surface area contributed by atoms with Crippen LogP contribution in [-0.4, -0.2) is 19.9 Å². The molecular formula is C38H24N4. The maximum atomic E-state index is 5.26. The first-order valence-corrected chi connectivity index (χ1v) is 14.0. The van der Waals surface area contributed by atoms with Gasteiger partial charge in [0.15, 0.2) is 17.5 Å². The van der Waals surface area contributed by atoms with Crippen LogP contribution in [0.25, 0.3) is 77.9 Å². The number of rotatable bonds is 4. The van der Waals surface area contributed by atoms with Crippen molar-refractivity contribution in [1.29, 1.82) is 0 Å². The molecule has 0 bridgehead atoms. The zero-order valence-electron chi connectivity index (χ0n) is 22.6. The van der Waals surface area contributed by atoms with Gasteiger partial charge in [-0.1, -0.05) is 140 Å². The molecule has 0 spiro atoms. The second kappa shape index (κ2) is 10.0. The van der Waals surface area contributed by atoms with Crippen molar-refractivity contribution >= 4 is 32.4 Å². The number of fused-ring (bicyclic) bond motifs is 5. The van der Waals surface area contributed by atoms with Crippen LogP contribution in [0.4, 0.5) is 0 Å². The average molecular weight is 537 g/mol. The van der Waals surface area contributed by atoms with Crippen LogP contribution in [0.2, 0.25) is 0 Å². The smallest absolute Gasteiger partial charge is 0.164 e. The van der Waals surface area contributed by atoms with Gasteiger partial charge in [0.05, 0.1) is 11.2 Å². The summed E-state index contributed by atoms with van der Waals surface area (Å²) in [7, 11) is 0. The molecule has 0 amide bonds. The fraction of sp³-hybridized carbons (Fsp3) is 0. The largest absolute Gasteiger partial charge is 0.247 e. The van der Waals surface area contributed by atoms with Crippen LogP contribution in [0.3, 0.4) is 0 Å². The van der Waals surface area contributed by atoms with Crippen molar-refractivity contribution in [3.63, 3.8) is 0 Å². The van der Waals surface area contributed by atoms with E-state index >= 15 is 0 Å². The first-order chi connectivity index (χ1) is 20.8. The Kier molecular flexibility index (Phi) is 5.75. The highest BCUT2D eigenvalue weighted by Gasteiger charge is 2.16. The Morgan fingerprint density at radius 3 is 1.50 bits per heavy atom. The van der Waals surface area contributed by atoms with Crippen LogP contribution in [-0.2, 0) is 0 Å². The average Bonchev–Trinajstić information content (AvgIpc) is 3.08. The van der Waals surface area contributed by atoms with E-state index in [4.69, 9.17) is 19.9 Å². The van der Waals surface area contributed by atoms with Gasteiger partial charge in [-0.25, -0.2) is 19.9 Å². The summed E-state index contributed by atoms with van der Waals surface area (Å²) in [5.41, 5.74) is 5.74. The molecule has 0 aliphatic heterocycles. The molecule has 0 radical (unpaired) electrons. The lowest BCUT2D eigenvalue weighted by atomic mass is 9.94. The zero-order chi connectivity index (χ0) is 27.9. The molecule has 0 unspecified atom stereocenters. The third-order valence-corrected chi connectivity index (χ3v) is 7.69. The quantitative estimate of drug-likeness (QED) is 0.210. The van der Waals surface area contributed by atoms with E-state index < -0.39 is 0 Å². The Balaban J connectivity index is 1.40. The summed E-state index contributed by atoms with van der Waals surface area (Å²) in [4.78, 5) is 20.0. The normalized spacial score (nSPS) is 11.3. The van der Waals surface area contributed by atoms with Gasteiger partial charge in [0.1, 0.15) is 0 Å². The van der Waals surface area contributed by atoms with Gasteiger partial charge in [-0.2, -0.15) is 0 Å². The molecule has 42 heavy (non-hydrogen) atoms. The monoisotopic (exact) mass is 536 g/mol. The number of hydrogen-bond acceptors (Lipinski definition) is 4.